The molecule has 0 saturated carbocycles. The summed E-state index contributed by atoms with van der Waals surface area (Å²) in [4.78, 5) is 17.1. The van der Waals surface area contributed by atoms with Crippen LogP contribution < -0.4 is 9.64 Å². The van der Waals surface area contributed by atoms with Crippen molar-refractivity contribution in [3.63, 3.8) is 0 Å². The number of para-hydroxylation sites is 1. The van der Waals surface area contributed by atoms with E-state index in [1.54, 1.807) is 9.58 Å². The Morgan fingerprint density at radius 2 is 1.68 bits per heavy atom. The van der Waals surface area contributed by atoms with Crippen LogP contribution in [0.1, 0.15) is 58.0 Å². The number of fused-ring (bicyclic) bond motifs is 4. The van der Waals surface area contributed by atoms with Crippen molar-refractivity contribution >= 4 is 56.6 Å². The Kier molecular flexibility index (Phi) is 8.70. The highest BCUT2D eigenvalue weighted by atomic mass is 35.5. The predicted octanol–water partition coefficient (Wildman–Crippen LogP) is 9.62. The lowest BCUT2D eigenvalue weighted by molar-refractivity contribution is 0.0951. The van der Waals surface area contributed by atoms with E-state index >= 15 is 4.79 Å². The fourth-order valence-corrected chi connectivity index (χ4v) is 8.63. The van der Waals surface area contributed by atoms with Crippen LogP contribution in [0.4, 0.5) is 5.69 Å². The first-order valence-electron chi connectivity index (χ1n) is 18.0. The van der Waals surface area contributed by atoms with Crippen LogP contribution in [0.25, 0.3) is 44.2 Å². The van der Waals surface area contributed by atoms with Gasteiger partial charge in [-0.05, 0) is 94.5 Å². The number of anilines is 1. The third-order valence-corrected chi connectivity index (χ3v) is 12.0. The molecule has 0 spiro atoms. The molecular weight excluding hydrogens is 705 g/mol. The largest absolute Gasteiger partial charge is 0.494 e. The van der Waals surface area contributed by atoms with E-state index in [1.807, 2.05) is 77.2 Å². The summed E-state index contributed by atoms with van der Waals surface area (Å²) in [6, 6.07) is 18.3. The monoisotopic (exact) mass is 747 g/mol. The first-order chi connectivity index (χ1) is 25.3. The Hall–Kier alpha value is -4.99. The van der Waals surface area contributed by atoms with E-state index < -0.39 is 5.50 Å². The van der Waals surface area contributed by atoms with Crippen LogP contribution >= 0.6 is 23.2 Å². The summed E-state index contributed by atoms with van der Waals surface area (Å²) in [7, 11) is 5.88. The number of carbonyl (C=O) groups excluding carboxylic acids is 1. The highest BCUT2D eigenvalue weighted by Gasteiger charge is 2.42. The Bertz CT molecular complexity index is 2570. The summed E-state index contributed by atoms with van der Waals surface area (Å²) in [5, 5.41) is 12.1. The van der Waals surface area contributed by atoms with Gasteiger partial charge in [0, 0.05) is 77.2 Å². The van der Waals surface area contributed by atoms with Crippen LogP contribution in [-0.2, 0) is 27.6 Å². The van der Waals surface area contributed by atoms with Crippen LogP contribution in [0.5, 0.6) is 5.75 Å². The van der Waals surface area contributed by atoms with Gasteiger partial charge in [-0.25, -0.2) is 0 Å². The number of aryl methyl sites for hydroxylation is 7. The number of alkyl halides is 1. The van der Waals surface area contributed by atoms with Gasteiger partial charge in [0.05, 0.1) is 35.2 Å². The van der Waals surface area contributed by atoms with E-state index in [0.717, 1.165) is 88.7 Å². The zero-order valence-corrected chi connectivity index (χ0v) is 32.8. The number of hydrogen-bond acceptors (Lipinski definition) is 4. The van der Waals surface area contributed by atoms with Gasteiger partial charge in [-0.1, -0.05) is 47.5 Å². The molecule has 0 N–H and O–H groups in total. The average Bonchev–Trinajstić information content (AvgIpc) is 3.87. The Labute approximate surface area is 319 Å². The van der Waals surface area contributed by atoms with Crippen molar-refractivity contribution in [1.29, 1.82) is 0 Å². The molecule has 1 aliphatic rings. The van der Waals surface area contributed by atoms with Crippen molar-refractivity contribution in [2.45, 2.75) is 59.0 Å². The van der Waals surface area contributed by atoms with Gasteiger partial charge in [-0.2, -0.15) is 10.2 Å². The molecule has 0 bridgehead atoms. The van der Waals surface area contributed by atoms with Crippen LogP contribution in [-0.4, -0.2) is 46.7 Å². The lowest BCUT2D eigenvalue weighted by Crippen LogP contribution is -2.47. The highest BCUT2D eigenvalue weighted by molar-refractivity contribution is 6.32. The molecule has 0 saturated heterocycles. The summed E-state index contributed by atoms with van der Waals surface area (Å²) in [6.07, 6.45) is 5.29. The minimum atomic E-state index is -0.661. The molecule has 8 rings (SSSR count). The van der Waals surface area contributed by atoms with Gasteiger partial charge in [0.15, 0.2) is 0 Å². The van der Waals surface area contributed by atoms with Crippen LogP contribution in [0.2, 0.25) is 5.02 Å². The zero-order valence-electron chi connectivity index (χ0n) is 31.3. The Balaban J connectivity index is 1.27. The third-order valence-electron chi connectivity index (χ3n) is 10.9. The van der Waals surface area contributed by atoms with Crippen molar-refractivity contribution < 1.29 is 9.53 Å². The smallest absolute Gasteiger partial charge is 0.276 e. The molecule has 9 nitrogen and oxygen atoms in total. The summed E-state index contributed by atoms with van der Waals surface area (Å²) in [5.41, 5.74) is 11.7. The first-order valence-corrected chi connectivity index (χ1v) is 18.8. The third kappa shape index (κ3) is 5.63. The van der Waals surface area contributed by atoms with Gasteiger partial charge < -0.3 is 13.9 Å². The van der Waals surface area contributed by atoms with Crippen LogP contribution in [0.3, 0.4) is 0 Å². The van der Waals surface area contributed by atoms with Crippen molar-refractivity contribution in [3.8, 4) is 28.1 Å². The van der Waals surface area contributed by atoms with Gasteiger partial charge in [0.25, 0.3) is 5.91 Å². The summed E-state index contributed by atoms with van der Waals surface area (Å²) >= 11 is 13.9. The Morgan fingerprint density at radius 1 is 0.925 bits per heavy atom. The van der Waals surface area contributed by atoms with E-state index in [0.29, 0.717) is 25.1 Å². The zero-order chi connectivity index (χ0) is 37.5. The maximum atomic E-state index is 15.3. The quantitative estimate of drug-likeness (QED) is 0.0882. The number of halogens is 2. The molecule has 1 unspecified atom stereocenters. The number of amides is 1. The molecule has 53 heavy (non-hydrogen) atoms. The second-order valence-corrected chi connectivity index (χ2v) is 15.2. The second-order valence-electron chi connectivity index (χ2n) is 14.4. The number of aromatic nitrogens is 6. The first kappa shape index (κ1) is 35.1. The number of carbonyl (C=O) groups is 1. The van der Waals surface area contributed by atoms with Gasteiger partial charge in [-0.15, -0.1) is 0 Å². The number of benzene rings is 3. The molecule has 272 valence electrons. The fourth-order valence-electron chi connectivity index (χ4n) is 8.22. The van der Waals surface area contributed by atoms with Gasteiger partial charge in [0.1, 0.15) is 16.9 Å². The fraction of sp³-hybridized carbons (Fsp3) is 0.310. The summed E-state index contributed by atoms with van der Waals surface area (Å²) in [6.45, 7) is 10.7. The van der Waals surface area contributed by atoms with E-state index in [1.165, 1.54) is 0 Å². The number of nitrogens with zero attached hydrogens (tertiary/aromatic N) is 7. The van der Waals surface area contributed by atoms with Crippen LogP contribution in [0, 0.1) is 27.7 Å². The molecule has 0 aliphatic carbocycles. The van der Waals surface area contributed by atoms with Crippen molar-refractivity contribution in [1.82, 2.24) is 28.7 Å². The van der Waals surface area contributed by atoms with Crippen LogP contribution in [0.15, 0.2) is 67.0 Å². The second kappa shape index (κ2) is 13.1. The van der Waals surface area contributed by atoms with Gasteiger partial charge in [-0.3, -0.25) is 19.1 Å². The standard InChI is InChI=1S/C42H43Cl2N7O2/c1-23-19-29(20-24(2)38(23)43)53-18-10-13-31-30-11-9-12-32(37-25(3)45-49(8)26(37)4)39(30)50-27(5)41(44)51(42(52)40(31)50)36-22-47(6)35-15-14-28(21-33(35)36)34-16-17-48(7)46-34/h9,11-12,14-17,19-22,27,41H,10,13,18H2,1-8H3/t27?,41-/m0/s1. The number of ether oxygens (including phenoxy) is 1. The molecule has 7 aromatic rings. The Morgan fingerprint density at radius 3 is 2.36 bits per heavy atom. The SMILES string of the molecule is Cc1cc(OCCCc2c3n(c4c(-c5c(C)nn(C)c5C)cccc24)C(C)[C@@H](Cl)N(c2cn(C)c4ccc(-c5ccn(C)n5)cc24)C3=O)cc(C)c1Cl. The van der Waals surface area contributed by atoms with Gasteiger partial charge >= 0.3 is 0 Å². The van der Waals surface area contributed by atoms with Crippen molar-refractivity contribution in [2.24, 2.45) is 21.1 Å². The van der Waals surface area contributed by atoms with Crippen molar-refractivity contribution in [2.75, 3.05) is 11.5 Å². The predicted molar refractivity (Wildman–Crippen MR) is 215 cm³/mol. The normalized spacial score (nSPS) is 16.0. The minimum Gasteiger partial charge on any atom is -0.494 e. The number of hydrogen-bond donors (Lipinski definition) is 0. The molecule has 11 heteroatoms. The molecule has 0 radical (unpaired) electrons. The molecule has 5 heterocycles. The molecule has 2 atom stereocenters. The molecule has 0 fully saturated rings. The molecule has 4 aromatic heterocycles. The van der Waals surface area contributed by atoms with E-state index in [9.17, 15) is 0 Å². The van der Waals surface area contributed by atoms with E-state index in [4.69, 9.17) is 33.0 Å². The minimum absolute atomic E-state index is 0.125. The number of rotatable bonds is 8. The molecule has 1 aliphatic heterocycles. The maximum absolute atomic E-state index is 15.3. The lowest BCUT2D eigenvalue weighted by Gasteiger charge is -2.38. The molecular formula is C42H43Cl2N7O2. The van der Waals surface area contributed by atoms with Crippen molar-refractivity contribution in [3.05, 3.63) is 106 Å². The summed E-state index contributed by atoms with van der Waals surface area (Å²) < 4.78 is 14.2. The van der Waals surface area contributed by atoms with E-state index in [2.05, 4.69) is 64.5 Å². The van der Waals surface area contributed by atoms with Gasteiger partial charge in [0.2, 0.25) is 0 Å². The lowest BCUT2D eigenvalue weighted by atomic mass is 9.98. The molecule has 3 aromatic carbocycles. The summed E-state index contributed by atoms with van der Waals surface area (Å²) in [5.74, 6) is 0.667. The topological polar surface area (TPSA) is 75.0 Å². The maximum Gasteiger partial charge on any atom is 0.276 e. The van der Waals surface area contributed by atoms with E-state index in [-0.39, 0.29) is 11.9 Å². The average molecular weight is 749 g/mol. The highest BCUT2D eigenvalue weighted by Crippen LogP contribution is 2.46. The molecule has 1 amide bonds.